The SMILES string of the molecule is Brc1ccccc1-c1ccc(-c2ccccc2)cc1. The van der Waals surface area contributed by atoms with Crippen LogP contribution in [0.2, 0.25) is 0 Å². The van der Waals surface area contributed by atoms with Gasteiger partial charge < -0.3 is 0 Å². The molecule has 0 aliphatic rings. The molecule has 3 aromatic rings. The van der Waals surface area contributed by atoms with E-state index >= 15 is 0 Å². The van der Waals surface area contributed by atoms with E-state index in [1.807, 2.05) is 12.1 Å². The molecule has 0 heterocycles. The van der Waals surface area contributed by atoms with Crippen LogP contribution in [0.5, 0.6) is 0 Å². The highest BCUT2D eigenvalue weighted by molar-refractivity contribution is 9.10. The smallest absolute Gasteiger partial charge is 0.0253 e. The summed E-state index contributed by atoms with van der Waals surface area (Å²) in [5, 5.41) is 0. The Morgan fingerprint density at radius 1 is 0.474 bits per heavy atom. The van der Waals surface area contributed by atoms with Crippen molar-refractivity contribution < 1.29 is 0 Å². The van der Waals surface area contributed by atoms with Gasteiger partial charge in [0, 0.05) is 4.47 Å². The average Bonchev–Trinajstić information content (AvgIpc) is 2.49. The fraction of sp³-hybridized carbons (Fsp3) is 0. The Morgan fingerprint density at radius 2 is 1.00 bits per heavy atom. The van der Waals surface area contributed by atoms with Gasteiger partial charge in [0.25, 0.3) is 0 Å². The Hall–Kier alpha value is -1.86. The zero-order chi connectivity index (χ0) is 13.1. The van der Waals surface area contributed by atoms with E-state index in [-0.39, 0.29) is 0 Å². The highest BCUT2D eigenvalue weighted by Gasteiger charge is 2.02. The zero-order valence-corrected chi connectivity index (χ0v) is 12.0. The normalized spacial score (nSPS) is 10.4. The quantitative estimate of drug-likeness (QED) is 0.562. The van der Waals surface area contributed by atoms with Crippen LogP contribution in [-0.4, -0.2) is 0 Å². The Labute approximate surface area is 121 Å². The molecule has 0 bridgehead atoms. The topological polar surface area (TPSA) is 0 Å². The van der Waals surface area contributed by atoms with Crippen LogP contribution in [0, 0.1) is 0 Å². The molecule has 0 aliphatic heterocycles. The molecule has 3 aromatic carbocycles. The summed E-state index contributed by atoms with van der Waals surface area (Å²) in [4.78, 5) is 0. The Kier molecular flexibility index (Phi) is 3.47. The molecule has 0 unspecified atom stereocenters. The first-order valence-electron chi connectivity index (χ1n) is 6.25. The van der Waals surface area contributed by atoms with Gasteiger partial charge in [-0.2, -0.15) is 0 Å². The maximum absolute atomic E-state index is 3.60. The van der Waals surface area contributed by atoms with E-state index in [1.165, 1.54) is 22.3 Å². The lowest BCUT2D eigenvalue weighted by Crippen LogP contribution is -1.81. The first-order valence-corrected chi connectivity index (χ1v) is 7.04. The molecule has 3 rings (SSSR count). The molecule has 0 fully saturated rings. The van der Waals surface area contributed by atoms with E-state index in [4.69, 9.17) is 0 Å². The third-order valence-corrected chi connectivity index (χ3v) is 3.87. The number of rotatable bonds is 2. The molecule has 0 nitrogen and oxygen atoms in total. The molecule has 0 aliphatic carbocycles. The summed E-state index contributed by atoms with van der Waals surface area (Å²) >= 11 is 3.60. The molecule has 0 radical (unpaired) electrons. The lowest BCUT2D eigenvalue weighted by Gasteiger charge is -2.06. The van der Waals surface area contributed by atoms with E-state index in [0.29, 0.717) is 0 Å². The van der Waals surface area contributed by atoms with Crippen LogP contribution in [0.15, 0.2) is 83.3 Å². The van der Waals surface area contributed by atoms with E-state index < -0.39 is 0 Å². The molecule has 19 heavy (non-hydrogen) atoms. The number of hydrogen-bond donors (Lipinski definition) is 0. The van der Waals surface area contributed by atoms with Crippen molar-refractivity contribution in [2.24, 2.45) is 0 Å². The van der Waals surface area contributed by atoms with Crippen LogP contribution in [0.4, 0.5) is 0 Å². The fourth-order valence-electron chi connectivity index (χ4n) is 2.17. The molecule has 0 spiro atoms. The summed E-state index contributed by atoms with van der Waals surface area (Å²) in [6.45, 7) is 0. The lowest BCUT2D eigenvalue weighted by molar-refractivity contribution is 1.57. The van der Waals surface area contributed by atoms with Gasteiger partial charge in [0.15, 0.2) is 0 Å². The Morgan fingerprint density at radius 3 is 1.68 bits per heavy atom. The van der Waals surface area contributed by atoms with E-state index in [2.05, 4.69) is 82.7 Å². The van der Waals surface area contributed by atoms with Gasteiger partial charge in [-0.25, -0.2) is 0 Å². The third kappa shape index (κ3) is 2.61. The fourth-order valence-corrected chi connectivity index (χ4v) is 2.68. The number of halogens is 1. The summed E-state index contributed by atoms with van der Waals surface area (Å²) in [5.74, 6) is 0. The van der Waals surface area contributed by atoms with Crippen LogP contribution in [0.1, 0.15) is 0 Å². The number of benzene rings is 3. The highest BCUT2D eigenvalue weighted by atomic mass is 79.9. The van der Waals surface area contributed by atoms with Gasteiger partial charge in [-0.05, 0) is 28.3 Å². The van der Waals surface area contributed by atoms with Crippen LogP contribution in [0.25, 0.3) is 22.3 Å². The van der Waals surface area contributed by atoms with Crippen molar-refractivity contribution in [2.45, 2.75) is 0 Å². The minimum atomic E-state index is 1.13. The molecule has 92 valence electrons. The predicted molar refractivity (Wildman–Crippen MR) is 85.0 cm³/mol. The predicted octanol–water partition coefficient (Wildman–Crippen LogP) is 5.78. The van der Waals surface area contributed by atoms with Crippen molar-refractivity contribution in [3.63, 3.8) is 0 Å². The zero-order valence-electron chi connectivity index (χ0n) is 10.4. The van der Waals surface area contributed by atoms with Gasteiger partial charge in [-0.15, -0.1) is 0 Å². The van der Waals surface area contributed by atoms with Crippen molar-refractivity contribution >= 4 is 15.9 Å². The van der Waals surface area contributed by atoms with Crippen molar-refractivity contribution in [3.8, 4) is 22.3 Å². The standard InChI is InChI=1S/C18H13Br/c19-18-9-5-4-8-17(18)16-12-10-15(11-13-16)14-6-2-1-3-7-14/h1-13H. The van der Waals surface area contributed by atoms with Gasteiger partial charge in [0.2, 0.25) is 0 Å². The summed E-state index contributed by atoms with van der Waals surface area (Å²) in [6, 6.07) is 27.4. The monoisotopic (exact) mass is 308 g/mol. The molecular formula is C18H13Br. The second kappa shape index (κ2) is 5.41. The second-order valence-electron chi connectivity index (χ2n) is 4.42. The van der Waals surface area contributed by atoms with Crippen molar-refractivity contribution in [2.75, 3.05) is 0 Å². The second-order valence-corrected chi connectivity index (χ2v) is 5.28. The molecule has 0 saturated heterocycles. The highest BCUT2D eigenvalue weighted by Crippen LogP contribution is 2.29. The van der Waals surface area contributed by atoms with Gasteiger partial charge in [0.05, 0.1) is 0 Å². The van der Waals surface area contributed by atoms with E-state index in [1.54, 1.807) is 0 Å². The summed E-state index contributed by atoms with van der Waals surface area (Å²) in [6.07, 6.45) is 0. The van der Waals surface area contributed by atoms with Crippen molar-refractivity contribution in [3.05, 3.63) is 83.3 Å². The maximum Gasteiger partial charge on any atom is 0.0253 e. The molecule has 1 heteroatoms. The maximum atomic E-state index is 3.60. The Bertz CT molecular complexity index is 670. The third-order valence-electron chi connectivity index (χ3n) is 3.18. The van der Waals surface area contributed by atoms with Crippen LogP contribution in [-0.2, 0) is 0 Å². The van der Waals surface area contributed by atoms with Crippen LogP contribution < -0.4 is 0 Å². The molecular weight excluding hydrogens is 296 g/mol. The van der Waals surface area contributed by atoms with Gasteiger partial charge in [-0.1, -0.05) is 88.7 Å². The first-order chi connectivity index (χ1) is 9.34. The molecule has 0 amide bonds. The van der Waals surface area contributed by atoms with Crippen molar-refractivity contribution in [1.29, 1.82) is 0 Å². The van der Waals surface area contributed by atoms with E-state index in [0.717, 1.165) is 4.47 Å². The van der Waals surface area contributed by atoms with Crippen LogP contribution >= 0.6 is 15.9 Å². The summed E-state index contributed by atoms with van der Waals surface area (Å²) < 4.78 is 1.13. The molecule has 0 saturated carbocycles. The van der Waals surface area contributed by atoms with Crippen molar-refractivity contribution in [1.82, 2.24) is 0 Å². The Balaban J connectivity index is 1.98. The largest absolute Gasteiger partial charge is 0.0622 e. The summed E-state index contributed by atoms with van der Waals surface area (Å²) in [7, 11) is 0. The van der Waals surface area contributed by atoms with E-state index in [9.17, 15) is 0 Å². The first kappa shape index (κ1) is 12.2. The number of hydrogen-bond acceptors (Lipinski definition) is 0. The lowest BCUT2D eigenvalue weighted by atomic mass is 10.0. The van der Waals surface area contributed by atoms with Gasteiger partial charge in [0.1, 0.15) is 0 Å². The average molecular weight is 309 g/mol. The molecule has 0 atom stereocenters. The minimum absolute atomic E-state index is 1.13. The molecule has 0 N–H and O–H groups in total. The summed E-state index contributed by atoms with van der Waals surface area (Å²) in [5.41, 5.74) is 4.95. The minimum Gasteiger partial charge on any atom is -0.0622 e. The van der Waals surface area contributed by atoms with Gasteiger partial charge in [-0.3, -0.25) is 0 Å². The van der Waals surface area contributed by atoms with Crippen LogP contribution in [0.3, 0.4) is 0 Å². The molecule has 0 aromatic heterocycles. The van der Waals surface area contributed by atoms with Gasteiger partial charge >= 0.3 is 0 Å².